The number of benzene rings is 1. The van der Waals surface area contributed by atoms with Crippen molar-refractivity contribution in [3.8, 4) is 0 Å². The van der Waals surface area contributed by atoms with E-state index in [1.54, 1.807) is 0 Å². The van der Waals surface area contributed by atoms with Crippen molar-refractivity contribution >= 4 is 17.5 Å². The smallest absolute Gasteiger partial charge is 0.199 e. The number of aryl methyl sites for hydroxylation is 2. The lowest BCUT2D eigenvalue weighted by Gasteiger charge is -2.06. The molecule has 2 aromatic rings. The van der Waals surface area contributed by atoms with Crippen molar-refractivity contribution in [3.63, 3.8) is 0 Å². The first-order valence-corrected chi connectivity index (χ1v) is 6.52. The van der Waals surface area contributed by atoms with E-state index in [0.717, 1.165) is 18.5 Å². The third-order valence-corrected chi connectivity index (χ3v) is 3.37. The SMILES string of the molecule is CC(C)c1ccc(CCc2[nH]c(N)nc2Cl)cc1. The maximum Gasteiger partial charge on any atom is 0.199 e. The molecule has 0 unspecified atom stereocenters. The molecule has 0 amide bonds. The fourth-order valence-corrected chi connectivity index (χ4v) is 2.14. The number of imidazole rings is 1. The van der Waals surface area contributed by atoms with E-state index in [4.69, 9.17) is 17.3 Å². The highest BCUT2D eigenvalue weighted by Gasteiger charge is 2.06. The molecule has 0 aliphatic rings. The third-order valence-electron chi connectivity index (χ3n) is 3.06. The zero-order valence-electron chi connectivity index (χ0n) is 10.7. The van der Waals surface area contributed by atoms with Crippen molar-refractivity contribution < 1.29 is 0 Å². The molecule has 1 heterocycles. The van der Waals surface area contributed by atoms with Crippen molar-refractivity contribution in [2.24, 2.45) is 0 Å². The molecule has 1 aromatic heterocycles. The molecule has 0 aliphatic heterocycles. The van der Waals surface area contributed by atoms with Gasteiger partial charge in [-0.2, -0.15) is 0 Å². The van der Waals surface area contributed by atoms with Gasteiger partial charge in [-0.25, -0.2) is 4.98 Å². The van der Waals surface area contributed by atoms with Gasteiger partial charge in [-0.05, 0) is 29.9 Å². The Labute approximate surface area is 112 Å². The van der Waals surface area contributed by atoms with Crippen LogP contribution < -0.4 is 5.73 Å². The molecule has 3 N–H and O–H groups in total. The lowest BCUT2D eigenvalue weighted by Crippen LogP contribution is -1.94. The van der Waals surface area contributed by atoms with Gasteiger partial charge in [0.05, 0.1) is 5.69 Å². The number of anilines is 1. The largest absolute Gasteiger partial charge is 0.369 e. The molecule has 0 bridgehead atoms. The number of nitrogens with zero attached hydrogens (tertiary/aromatic N) is 1. The molecule has 0 atom stereocenters. The summed E-state index contributed by atoms with van der Waals surface area (Å²) in [5.74, 6) is 0.950. The van der Waals surface area contributed by atoms with Crippen LogP contribution in [0.2, 0.25) is 5.15 Å². The Kier molecular flexibility index (Phi) is 3.92. The van der Waals surface area contributed by atoms with Crippen molar-refractivity contribution in [3.05, 3.63) is 46.2 Å². The molecule has 1 aromatic carbocycles. The van der Waals surface area contributed by atoms with Crippen LogP contribution in [0, 0.1) is 0 Å². The highest BCUT2D eigenvalue weighted by atomic mass is 35.5. The highest BCUT2D eigenvalue weighted by Crippen LogP contribution is 2.18. The standard InChI is InChI=1S/C14H18ClN3/c1-9(2)11-6-3-10(4-7-11)5-8-12-13(15)18-14(16)17-12/h3-4,6-7,9H,5,8H2,1-2H3,(H3,16,17,18). The maximum absolute atomic E-state index is 5.96. The predicted molar refractivity (Wildman–Crippen MR) is 75.9 cm³/mol. The van der Waals surface area contributed by atoms with Gasteiger partial charge in [0.1, 0.15) is 0 Å². The lowest BCUT2D eigenvalue weighted by molar-refractivity contribution is 0.861. The summed E-state index contributed by atoms with van der Waals surface area (Å²) in [7, 11) is 0. The molecule has 0 fully saturated rings. The number of hydrogen-bond donors (Lipinski definition) is 2. The Hall–Kier alpha value is -1.48. The van der Waals surface area contributed by atoms with Crippen LogP contribution in [-0.2, 0) is 12.8 Å². The minimum atomic E-state index is 0.380. The maximum atomic E-state index is 5.96. The molecular weight excluding hydrogens is 246 g/mol. The van der Waals surface area contributed by atoms with Crippen LogP contribution >= 0.6 is 11.6 Å². The van der Waals surface area contributed by atoms with Crippen LogP contribution in [0.15, 0.2) is 24.3 Å². The monoisotopic (exact) mass is 263 g/mol. The molecule has 0 saturated carbocycles. The number of aromatic amines is 1. The van der Waals surface area contributed by atoms with Gasteiger partial charge in [0.2, 0.25) is 0 Å². The number of aromatic nitrogens is 2. The molecule has 96 valence electrons. The average Bonchev–Trinajstić information content (AvgIpc) is 2.66. The van der Waals surface area contributed by atoms with Crippen LogP contribution in [0.1, 0.15) is 36.6 Å². The first kappa shape index (κ1) is 13.0. The third kappa shape index (κ3) is 3.05. The molecule has 3 nitrogen and oxygen atoms in total. The Morgan fingerprint density at radius 3 is 2.39 bits per heavy atom. The molecule has 0 saturated heterocycles. The van der Waals surface area contributed by atoms with Gasteiger partial charge in [0.25, 0.3) is 0 Å². The van der Waals surface area contributed by atoms with E-state index in [0.29, 0.717) is 17.0 Å². The van der Waals surface area contributed by atoms with Gasteiger partial charge in [-0.1, -0.05) is 49.7 Å². The Morgan fingerprint density at radius 1 is 1.22 bits per heavy atom. The fourth-order valence-electron chi connectivity index (χ4n) is 1.91. The number of rotatable bonds is 4. The number of nitrogens with one attached hydrogen (secondary N) is 1. The Morgan fingerprint density at radius 2 is 1.89 bits per heavy atom. The van der Waals surface area contributed by atoms with Crippen molar-refractivity contribution in [1.82, 2.24) is 9.97 Å². The van der Waals surface area contributed by atoms with Gasteiger partial charge in [-0.15, -0.1) is 0 Å². The summed E-state index contributed by atoms with van der Waals surface area (Å²) in [6.45, 7) is 4.39. The number of hydrogen-bond acceptors (Lipinski definition) is 2. The normalized spacial score (nSPS) is 11.1. The molecule has 0 aliphatic carbocycles. The summed E-state index contributed by atoms with van der Waals surface area (Å²) in [5, 5.41) is 0.478. The molecule has 0 spiro atoms. The van der Waals surface area contributed by atoms with Crippen molar-refractivity contribution in [1.29, 1.82) is 0 Å². The molecule has 4 heteroatoms. The number of H-pyrrole nitrogens is 1. The van der Waals surface area contributed by atoms with E-state index >= 15 is 0 Å². The first-order valence-electron chi connectivity index (χ1n) is 6.15. The second kappa shape index (κ2) is 5.44. The molecule has 2 rings (SSSR count). The second-order valence-corrected chi connectivity index (χ2v) is 5.15. The van der Waals surface area contributed by atoms with E-state index in [1.165, 1.54) is 11.1 Å². The van der Waals surface area contributed by atoms with Crippen LogP contribution in [0.5, 0.6) is 0 Å². The lowest BCUT2D eigenvalue weighted by atomic mass is 10.00. The molecular formula is C14H18ClN3. The van der Waals surface area contributed by atoms with Crippen LogP contribution in [0.25, 0.3) is 0 Å². The summed E-state index contributed by atoms with van der Waals surface area (Å²) in [6.07, 6.45) is 1.75. The zero-order valence-corrected chi connectivity index (χ0v) is 11.5. The summed E-state index contributed by atoms with van der Waals surface area (Å²) >= 11 is 5.96. The minimum absolute atomic E-state index is 0.380. The van der Waals surface area contributed by atoms with E-state index in [2.05, 4.69) is 48.1 Å². The van der Waals surface area contributed by atoms with E-state index in [-0.39, 0.29) is 0 Å². The first-order chi connectivity index (χ1) is 8.56. The van der Waals surface area contributed by atoms with Gasteiger partial charge in [0.15, 0.2) is 11.1 Å². The van der Waals surface area contributed by atoms with E-state index in [9.17, 15) is 0 Å². The summed E-state index contributed by atoms with van der Waals surface area (Å²) in [5.41, 5.74) is 9.11. The van der Waals surface area contributed by atoms with Crippen LogP contribution in [0.4, 0.5) is 5.95 Å². The predicted octanol–water partition coefficient (Wildman–Crippen LogP) is 3.55. The molecule has 0 radical (unpaired) electrons. The number of nitrogen functional groups attached to an aromatic ring is 1. The second-order valence-electron chi connectivity index (χ2n) is 4.79. The van der Waals surface area contributed by atoms with Crippen molar-refractivity contribution in [2.75, 3.05) is 5.73 Å². The fraction of sp³-hybridized carbons (Fsp3) is 0.357. The van der Waals surface area contributed by atoms with Crippen LogP contribution in [0.3, 0.4) is 0 Å². The molecule has 18 heavy (non-hydrogen) atoms. The Balaban J connectivity index is 2.00. The summed E-state index contributed by atoms with van der Waals surface area (Å²) in [4.78, 5) is 6.93. The summed E-state index contributed by atoms with van der Waals surface area (Å²) in [6, 6.07) is 8.71. The quantitative estimate of drug-likeness (QED) is 0.886. The number of halogens is 1. The zero-order chi connectivity index (χ0) is 13.1. The van der Waals surface area contributed by atoms with Gasteiger partial charge < -0.3 is 10.7 Å². The van der Waals surface area contributed by atoms with Gasteiger partial charge >= 0.3 is 0 Å². The number of nitrogens with two attached hydrogens (primary N) is 1. The average molecular weight is 264 g/mol. The van der Waals surface area contributed by atoms with Crippen LogP contribution in [-0.4, -0.2) is 9.97 Å². The van der Waals surface area contributed by atoms with Crippen molar-refractivity contribution in [2.45, 2.75) is 32.6 Å². The van der Waals surface area contributed by atoms with E-state index < -0.39 is 0 Å². The topological polar surface area (TPSA) is 54.7 Å². The van der Waals surface area contributed by atoms with E-state index in [1.807, 2.05) is 0 Å². The van der Waals surface area contributed by atoms with Gasteiger partial charge in [0, 0.05) is 0 Å². The highest BCUT2D eigenvalue weighted by molar-refractivity contribution is 6.30. The van der Waals surface area contributed by atoms with Gasteiger partial charge in [-0.3, -0.25) is 0 Å². The minimum Gasteiger partial charge on any atom is -0.369 e. The Bertz CT molecular complexity index is 514. The summed E-state index contributed by atoms with van der Waals surface area (Å²) < 4.78 is 0.